The van der Waals surface area contributed by atoms with Gasteiger partial charge < -0.3 is 85.5 Å². The zero-order chi connectivity index (χ0) is 67.8. The van der Waals surface area contributed by atoms with Gasteiger partial charge in [-0.2, -0.15) is 23.5 Å². The number of nitrogens with one attached hydrogen (secondary N) is 8. The number of amides is 8. The summed E-state index contributed by atoms with van der Waals surface area (Å²) in [4.78, 5) is 72.8. The van der Waals surface area contributed by atoms with Crippen LogP contribution >= 0.6 is 23.5 Å². The van der Waals surface area contributed by atoms with E-state index in [4.69, 9.17) is 37.9 Å². The van der Waals surface area contributed by atoms with Crippen LogP contribution in [0.25, 0.3) is 0 Å². The molecular formula is C71H120N8O15S2. The molecule has 2 aliphatic carbocycles. The van der Waals surface area contributed by atoms with Gasteiger partial charge in [-0.3, -0.25) is 9.59 Å². The Bertz CT molecular complexity index is 2630. The molecule has 546 valence electrons. The molecule has 0 bridgehead atoms. The number of unbranched alkanes of at least 4 members (excludes halogenated alkanes) is 12. The van der Waals surface area contributed by atoms with E-state index in [0.717, 1.165) is 153 Å². The van der Waals surface area contributed by atoms with Crippen molar-refractivity contribution in [2.45, 2.75) is 315 Å². The summed E-state index contributed by atoms with van der Waals surface area (Å²) in [6.07, 6.45) is 24.9. The molecule has 8 amide bonds. The first-order valence-corrected chi connectivity index (χ1v) is 38.3. The van der Waals surface area contributed by atoms with Gasteiger partial charge in [0.15, 0.2) is 5.60 Å². The fraction of sp³-hybridized carbons (Fsp3) is 0.859. The third-order valence-corrected chi connectivity index (χ3v) is 24.8. The van der Waals surface area contributed by atoms with E-state index in [1.807, 2.05) is 44.3 Å². The molecular weight excluding hydrogens is 1270 g/mol. The smallest absolute Gasteiger partial charge is 0.407 e. The van der Waals surface area contributed by atoms with E-state index in [-0.39, 0.29) is 103 Å². The summed E-state index contributed by atoms with van der Waals surface area (Å²) in [6.45, 7) is 16.0. The van der Waals surface area contributed by atoms with Gasteiger partial charge >= 0.3 is 24.2 Å². The SMILES string of the molecule is C.COC1C(OC(=O)NCCCCCCCCNC(=O)CCCCC2SCC3NC(=O)NC32)CCC2(CO2)C1(O)C1(C)OC1CC=C(C)C.COC1C(OC(=O)NCCCCCCCCNC(=O)CCCCC2SCC3NC(=O)NC32)CCC2(CO2)C1C1(C)OC1CC=C(C)C. The number of urea groups is 2. The number of allylic oxidation sites excluding steroid dienone is 2. The quantitative estimate of drug-likeness (QED) is 0.0120. The minimum Gasteiger partial charge on any atom is -0.443 e. The lowest BCUT2D eigenvalue weighted by molar-refractivity contribution is -0.223. The molecule has 8 aliphatic heterocycles. The van der Waals surface area contributed by atoms with E-state index in [2.05, 4.69) is 75.5 Å². The number of rotatable bonds is 38. The summed E-state index contributed by atoms with van der Waals surface area (Å²) in [5, 5.41) is 37.0. The number of thioether (sulfide) groups is 2. The highest BCUT2D eigenvalue weighted by Gasteiger charge is 2.82. The van der Waals surface area contributed by atoms with Gasteiger partial charge in [0.25, 0.3) is 0 Å². The van der Waals surface area contributed by atoms with Crippen LogP contribution < -0.4 is 42.5 Å². The normalized spacial score (nSPS) is 35.2. The number of carbonyl (C=O) groups is 6. The standard InChI is InChI=1S/C35H58N4O8S.C35H58N4O7S.CH4/c1-23(2)15-16-27-33(3,47-27)35(43)30(44-4)25(17-18-34(35)22-45-34)46-32(42)37-20-12-8-6-5-7-11-19-36-28(40)14-10-9-13-26-29-24(21-48-26)38-31(41)39-29;1-23(2)15-16-27-34(3,46-27)31-30(43-4)25(17-18-35(31)22-44-35)45-33(42)37-20-12-8-6-5-7-11-19-36-28(40)14-10-9-13-26-29-24(21-47-26)38-32(41)39-29;/h15,24-27,29-30,43H,5-14,16-22H2,1-4H3,(H,36,40)(H,37,42)(H2,38,39,41);15,24-27,29-31H,5-14,16-22H2,1-4H3,(H,36,40)(H,37,42)(H2,38,39,41);1H4. The van der Waals surface area contributed by atoms with Crippen molar-refractivity contribution in [3.63, 3.8) is 0 Å². The van der Waals surface area contributed by atoms with Crippen molar-refractivity contribution in [2.75, 3.05) is 65.1 Å². The first kappa shape index (κ1) is 77.7. The summed E-state index contributed by atoms with van der Waals surface area (Å²) in [5.74, 6) is 2.22. The van der Waals surface area contributed by atoms with Gasteiger partial charge in [-0.15, -0.1) is 0 Å². The lowest BCUT2D eigenvalue weighted by Crippen LogP contribution is -2.70. The molecule has 9 N–H and O–H groups in total. The van der Waals surface area contributed by atoms with Crippen LogP contribution in [-0.2, 0) is 47.5 Å². The van der Waals surface area contributed by atoms with Crippen molar-refractivity contribution in [3.8, 4) is 0 Å². The van der Waals surface area contributed by atoms with Gasteiger partial charge in [0, 0.05) is 75.2 Å². The van der Waals surface area contributed by atoms with Crippen LogP contribution in [0.1, 0.15) is 216 Å². The minimum atomic E-state index is -1.44. The van der Waals surface area contributed by atoms with Crippen LogP contribution in [0.4, 0.5) is 19.2 Å². The number of aliphatic hydroxyl groups is 1. The topological polar surface area (TPSA) is 306 Å². The number of fused-ring (bicyclic) bond motifs is 2. The van der Waals surface area contributed by atoms with Crippen LogP contribution in [0.5, 0.6) is 0 Å². The molecule has 0 aromatic carbocycles. The fourth-order valence-corrected chi connectivity index (χ4v) is 19.1. The Labute approximate surface area is 580 Å². The second kappa shape index (κ2) is 36.0. The van der Waals surface area contributed by atoms with Gasteiger partial charge in [0.1, 0.15) is 46.8 Å². The van der Waals surface area contributed by atoms with E-state index >= 15 is 0 Å². The third kappa shape index (κ3) is 20.1. The number of epoxide rings is 4. The molecule has 2 saturated carbocycles. The van der Waals surface area contributed by atoms with Crippen molar-refractivity contribution >= 4 is 59.6 Å². The van der Waals surface area contributed by atoms with Gasteiger partial charge in [-0.05, 0) is 131 Å². The molecule has 8 saturated heterocycles. The van der Waals surface area contributed by atoms with Crippen LogP contribution in [0.2, 0.25) is 0 Å². The average molecular weight is 1390 g/mol. The second-order valence-electron chi connectivity index (χ2n) is 29.3. The first-order chi connectivity index (χ1) is 45.7. The summed E-state index contributed by atoms with van der Waals surface area (Å²) in [6, 6.07) is 0.879. The van der Waals surface area contributed by atoms with Crippen LogP contribution in [0, 0.1) is 5.92 Å². The zero-order valence-electron chi connectivity index (χ0n) is 58.2. The summed E-state index contributed by atoms with van der Waals surface area (Å²) in [7, 11) is 3.24. The average Bonchev–Trinajstić information content (AvgIpc) is 1.51. The number of methoxy groups -OCH3 is 2. The highest BCUT2D eigenvalue weighted by molar-refractivity contribution is 8.00. The Morgan fingerprint density at radius 3 is 1.50 bits per heavy atom. The number of carbonyl (C=O) groups excluding carboxylic acids is 6. The molecule has 10 aliphatic rings. The zero-order valence-corrected chi connectivity index (χ0v) is 59.8. The van der Waals surface area contributed by atoms with E-state index in [9.17, 15) is 33.9 Å². The maximum atomic E-state index is 12.7. The molecule has 0 radical (unpaired) electrons. The first-order valence-electron chi connectivity index (χ1n) is 36.2. The van der Waals surface area contributed by atoms with E-state index in [1.54, 1.807) is 14.2 Å². The lowest BCUT2D eigenvalue weighted by atomic mass is 9.64. The van der Waals surface area contributed by atoms with E-state index < -0.39 is 35.1 Å². The molecule has 18 atom stereocenters. The Morgan fingerprint density at radius 2 is 1.04 bits per heavy atom. The number of alkyl carbamates (subject to hydrolysis) is 2. The van der Waals surface area contributed by atoms with Gasteiger partial charge in [-0.25, -0.2) is 19.2 Å². The molecule has 10 fully saturated rings. The maximum Gasteiger partial charge on any atom is 0.407 e. The number of hydrogen-bond donors (Lipinski definition) is 9. The van der Waals surface area contributed by atoms with Crippen molar-refractivity contribution in [3.05, 3.63) is 23.3 Å². The number of ether oxygens (including phenoxy) is 8. The predicted octanol–water partition coefficient (Wildman–Crippen LogP) is 9.69. The van der Waals surface area contributed by atoms with Crippen LogP contribution in [-0.4, -0.2) is 206 Å². The largest absolute Gasteiger partial charge is 0.443 e. The Hall–Kier alpha value is -4.08. The Balaban J connectivity index is 0.000000243. The Kier molecular flexibility index (Phi) is 29.1. The summed E-state index contributed by atoms with van der Waals surface area (Å²) < 4.78 is 47.8. The maximum absolute atomic E-state index is 12.7. The molecule has 23 nitrogen and oxygen atoms in total. The van der Waals surface area contributed by atoms with Crippen LogP contribution in [0.15, 0.2) is 23.3 Å². The van der Waals surface area contributed by atoms with Crippen molar-refractivity contribution < 1.29 is 71.8 Å². The Morgan fingerprint density at radius 1 is 0.583 bits per heavy atom. The van der Waals surface area contributed by atoms with Gasteiger partial charge in [0.2, 0.25) is 11.8 Å². The molecule has 0 aromatic heterocycles. The van der Waals surface area contributed by atoms with E-state index in [0.29, 0.717) is 75.5 Å². The van der Waals surface area contributed by atoms with E-state index in [1.165, 1.54) is 11.1 Å². The number of hydrogen-bond acceptors (Lipinski definition) is 17. The van der Waals surface area contributed by atoms with Crippen molar-refractivity contribution in [1.82, 2.24) is 42.5 Å². The van der Waals surface area contributed by atoms with Gasteiger partial charge in [0.05, 0.1) is 55.5 Å². The minimum absolute atomic E-state index is 0. The van der Waals surface area contributed by atoms with Crippen molar-refractivity contribution in [1.29, 1.82) is 0 Å². The van der Waals surface area contributed by atoms with Crippen LogP contribution in [0.3, 0.4) is 0 Å². The third-order valence-electron chi connectivity index (χ3n) is 21.8. The summed E-state index contributed by atoms with van der Waals surface area (Å²) >= 11 is 3.84. The molecule has 8 heterocycles. The lowest BCUT2D eigenvalue weighted by Gasteiger charge is -2.49. The molecule has 0 aromatic rings. The monoisotopic (exact) mass is 1390 g/mol. The highest BCUT2D eigenvalue weighted by Crippen LogP contribution is 2.63. The molecule has 18 unspecified atom stereocenters. The predicted molar refractivity (Wildman–Crippen MR) is 373 cm³/mol. The van der Waals surface area contributed by atoms with Gasteiger partial charge in [-0.1, -0.05) is 94.9 Å². The molecule has 96 heavy (non-hydrogen) atoms. The molecule has 2 spiro atoms. The summed E-state index contributed by atoms with van der Waals surface area (Å²) in [5.41, 5.74) is -1.13. The van der Waals surface area contributed by atoms with Crippen molar-refractivity contribution in [2.24, 2.45) is 5.92 Å². The molecule has 25 heteroatoms. The highest BCUT2D eigenvalue weighted by atomic mass is 32.2. The molecule has 10 rings (SSSR count). The fourth-order valence-electron chi connectivity index (χ4n) is 16.0. The second-order valence-corrected chi connectivity index (χ2v) is 31.8.